The van der Waals surface area contributed by atoms with Gasteiger partial charge in [-0.1, -0.05) is 34.1 Å². The maximum absolute atomic E-state index is 6.61. The van der Waals surface area contributed by atoms with Crippen LogP contribution in [-0.2, 0) is 4.74 Å². The van der Waals surface area contributed by atoms with E-state index < -0.39 is 0 Å². The Morgan fingerprint density at radius 2 is 1.94 bits per heavy atom. The van der Waals surface area contributed by atoms with Crippen molar-refractivity contribution in [3.05, 3.63) is 0 Å². The zero-order valence-corrected chi connectivity index (χ0v) is 12.4. The fraction of sp³-hybridized carbons (Fsp3) is 1.00. The van der Waals surface area contributed by atoms with E-state index in [0.29, 0.717) is 11.3 Å². The van der Waals surface area contributed by atoms with Crippen LogP contribution in [0, 0.1) is 17.3 Å². The SMILES string of the molecule is COCC(C)C1(N)CCCC(C(C)(C)C)CC1. The molecule has 0 aromatic heterocycles. The minimum Gasteiger partial charge on any atom is -0.384 e. The van der Waals surface area contributed by atoms with E-state index in [2.05, 4.69) is 27.7 Å². The van der Waals surface area contributed by atoms with Crippen LogP contribution in [0.3, 0.4) is 0 Å². The van der Waals surface area contributed by atoms with Crippen molar-refractivity contribution in [1.29, 1.82) is 0 Å². The van der Waals surface area contributed by atoms with E-state index in [0.717, 1.165) is 25.4 Å². The Kier molecular flexibility index (Phi) is 5.03. The van der Waals surface area contributed by atoms with Gasteiger partial charge in [-0.2, -0.15) is 0 Å². The summed E-state index contributed by atoms with van der Waals surface area (Å²) in [5, 5.41) is 0. The van der Waals surface area contributed by atoms with E-state index >= 15 is 0 Å². The summed E-state index contributed by atoms with van der Waals surface area (Å²) < 4.78 is 5.28. The van der Waals surface area contributed by atoms with Gasteiger partial charge in [0.1, 0.15) is 0 Å². The molecule has 0 spiro atoms. The van der Waals surface area contributed by atoms with E-state index in [1.807, 2.05) is 0 Å². The molecule has 0 aromatic carbocycles. The maximum Gasteiger partial charge on any atom is 0.0505 e. The minimum atomic E-state index is -0.00396. The number of rotatable bonds is 3. The predicted octanol–water partition coefficient (Wildman–Crippen LogP) is 3.59. The summed E-state index contributed by atoms with van der Waals surface area (Å²) in [6.07, 6.45) is 6.19. The number of ether oxygens (including phenoxy) is 1. The van der Waals surface area contributed by atoms with Crippen LogP contribution in [0.5, 0.6) is 0 Å². The molecule has 2 nitrogen and oxygen atoms in total. The topological polar surface area (TPSA) is 35.2 Å². The fourth-order valence-corrected chi connectivity index (χ4v) is 3.16. The summed E-state index contributed by atoms with van der Waals surface area (Å²) in [5.41, 5.74) is 7.04. The fourth-order valence-electron chi connectivity index (χ4n) is 3.16. The summed E-state index contributed by atoms with van der Waals surface area (Å²) in [6, 6.07) is 0. The lowest BCUT2D eigenvalue weighted by atomic mass is 9.75. The molecule has 0 radical (unpaired) electrons. The highest BCUT2D eigenvalue weighted by Gasteiger charge is 2.36. The quantitative estimate of drug-likeness (QED) is 0.766. The molecule has 3 unspecified atom stereocenters. The van der Waals surface area contributed by atoms with Gasteiger partial charge >= 0.3 is 0 Å². The van der Waals surface area contributed by atoms with Crippen LogP contribution in [0.2, 0.25) is 0 Å². The normalized spacial score (nSPS) is 33.2. The van der Waals surface area contributed by atoms with Gasteiger partial charge in [-0.05, 0) is 42.9 Å². The van der Waals surface area contributed by atoms with E-state index in [1.54, 1.807) is 7.11 Å². The Hall–Kier alpha value is -0.0800. The molecule has 1 aliphatic rings. The van der Waals surface area contributed by atoms with Crippen molar-refractivity contribution in [3.8, 4) is 0 Å². The Labute approximate surface area is 107 Å². The Balaban J connectivity index is 2.63. The molecule has 0 amide bonds. The number of nitrogens with two attached hydrogens (primary N) is 1. The van der Waals surface area contributed by atoms with Crippen molar-refractivity contribution in [1.82, 2.24) is 0 Å². The van der Waals surface area contributed by atoms with Crippen LogP contribution >= 0.6 is 0 Å². The van der Waals surface area contributed by atoms with Crippen LogP contribution in [0.15, 0.2) is 0 Å². The smallest absolute Gasteiger partial charge is 0.0505 e. The second-order valence-electron chi connectivity index (χ2n) is 7.08. The van der Waals surface area contributed by atoms with Gasteiger partial charge < -0.3 is 10.5 Å². The molecule has 0 aromatic rings. The molecule has 0 saturated heterocycles. The second kappa shape index (κ2) is 5.71. The van der Waals surface area contributed by atoms with Crippen molar-refractivity contribution in [2.24, 2.45) is 23.0 Å². The molecule has 1 fully saturated rings. The predicted molar refractivity (Wildman–Crippen MR) is 74.0 cm³/mol. The Morgan fingerprint density at radius 1 is 1.29 bits per heavy atom. The number of hydrogen-bond acceptors (Lipinski definition) is 2. The monoisotopic (exact) mass is 241 g/mol. The van der Waals surface area contributed by atoms with Gasteiger partial charge in [0.05, 0.1) is 6.61 Å². The second-order valence-corrected chi connectivity index (χ2v) is 7.08. The van der Waals surface area contributed by atoms with Crippen LogP contribution in [0.4, 0.5) is 0 Å². The van der Waals surface area contributed by atoms with E-state index in [4.69, 9.17) is 10.5 Å². The van der Waals surface area contributed by atoms with Crippen LogP contribution < -0.4 is 5.73 Å². The molecular formula is C15H31NO. The third kappa shape index (κ3) is 3.96. The first kappa shape index (κ1) is 15.0. The lowest BCUT2D eigenvalue weighted by Gasteiger charge is -2.35. The Bertz CT molecular complexity index is 234. The molecule has 102 valence electrons. The molecule has 0 aliphatic heterocycles. The first-order valence-corrected chi connectivity index (χ1v) is 7.07. The van der Waals surface area contributed by atoms with Gasteiger partial charge in [-0.15, -0.1) is 0 Å². The molecular weight excluding hydrogens is 210 g/mol. The Morgan fingerprint density at radius 3 is 2.47 bits per heavy atom. The first-order valence-electron chi connectivity index (χ1n) is 7.07. The number of hydrogen-bond donors (Lipinski definition) is 1. The van der Waals surface area contributed by atoms with Crippen LogP contribution in [0.25, 0.3) is 0 Å². The first-order chi connectivity index (χ1) is 7.79. The van der Waals surface area contributed by atoms with E-state index in [1.165, 1.54) is 19.3 Å². The van der Waals surface area contributed by atoms with Crippen molar-refractivity contribution in [2.75, 3.05) is 13.7 Å². The van der Waals surface area contributed by atoms with Gasteiger partial charge in [0.15, 0.2) is 0 Å². The highest BCUT2D eigenvalue weighted by Crippen LogP contribution is 2.41. The van der Waals surface area contributed by atoms with E-state index in [9.17, 15) is 0 Å². The lowest BCUT2D eigenvalue weighted by molar-refractivity contribution is 0.105. The molecule has 1 rings (SSSR count). The van der Waals surface area contributed by atoms with Crippen LogP contribution in [0.1, 0.15) is 59.8 Å². The molecule has 2 heteroatoms. The van der Waals surface area contributed by atoms with Crippen LogP contribution in [-0.4, -0.2) is 19.3 Å². The van der Waals surface area contributed by atoms with Gasteiger partial charge in [0.25, 0.3) is 0 Å². The highest BCUT2D eigenvalue weighted by atomic mass is 16.5. The molecule has 1 aliphatic carbocycles. The van der Waals surface area contributed by atoms with Crippen molar-refractivity contribution in [3.63, 3.8) is 0 Å². The summed E-state index contributed by atoms with van der Waals surface area (Å²) in [4.78, 5) is 0. The zero-order chi connectivity index (χ0) is 13.1. The van der Waals surface area contributed by atoms with Crippen molar-refractivity contribution in [2.45, 2.75) is 65.3 Å². The summed E-state index contributed by atoms with van der Waals surface area (Å²) in [7, 11) is 1.77. The van der Waals surface area contributed by atoms with Gasteiger partial charge in [0.2, 0.25) is 0 Å². The maximum atomic E-state index is 6.61. The zero-order valence-electron chi connectivity index (χ0n) is 12.4. The molecule has 0 heterocycles. The summed E-state index contributed by atoms with van der Waals surface area (Å²) >= 11 is 0. The highest BCUT2D eigenvalue weighted by molar-refractivity contribution is 4.93. The van der Waals surface area contributed by atoms with Gasteiger partial charge in [-0.3, -0.25) is 0 Å². The standard InChI is InChI=1S/C15H31NO/c1-12(11-17-5)15(16)9-6-7-13(8-10-15)14(2,3)4/h12-13H,6-11,16H2,1-5H3. The van der Waals surface area contributed by atoms with E-state index in [-0.39, 0.29) is 5.54 Å². The minimum absolute atomic E-state index is 0.00396. The largest absolute Gasteiger partial charge is 0.384 e. The summed E-state index contributed by atoms with van der Waals surface area (Å²) in [5.74, 6) is 1.29. The molecule has 2 N–H and O–H groups in total. The molecule has 0 bridgehead atoms. The van der Waals surface area contributed by atoms with Gasteiger partial charge in [0, 0.05) is 12.6 Å². The average molecular weight is 241 g/mol. The lowest BCUT2D eigenvalue weighted by Crippen LogP contribution is -2.47. The molecule has 3 atom stereocenters. The van der Waals surface area contributed by atoms with Crippen molar-refractivity contribution < 1.29 is 4.74 Å². The summed E-state index contributed by atoms with van der Waals surface area (Å²) in [6.45, 7) is 10.1. The van der Waals surface area contributed by atoms with Crippen molar-refractivity contribution >= 4 is 0 Å². The molecule has 1 saturated carbocycles. The number of methoxy groups -OCH3 is 1. The third-order valence-corrected chi connectivity index (χ3v) is 4.78. The third-order valence-electron chi connectivity index (χ3n) is 4.78. The van der Waals surface area contributed by atoms with Gasteiger partial charge in [-0.25, -0.2) is 0 Å². The average Bonchev–Trinajstić information content (AvgIpc) is 2.41. The molecule has 17 heavy (non-hydrogen) atoms.